The van der Waals surface area contributed by atoms with Gasteiger partial charge in [0.05, 0.1) is 24.7 Å². The second kappa shape index (κ2) is 5.69. The van der Waals surface area contributed by atoms with E-state index in [0.29, 0.717) is 12.0 Å². The SMILES string of the molecule is COc1ccc(OCCC=O)c([N+](=O)[O-])c1. The molecule has 0 radical (unpaired) electrons. The van der Waals surface area contributed by atoms with Crippen molar-refractivity contribution in [3.05, 3.63) is 28.3 Å². The first kappa shape index (κ1) is 12.0. The van der Waals surface area contributed by atoms with Crippen LogP contribution in [-0.2, 0) is 4.79 Å². The molecule has 0 aliphatic carbocycles. The van der Waals surface area contributed by atoms with Gasteiger partial charge in [0.2, 0.25) is 0 Å². The van der Waals surface area contributed by atoms with E-state index in [0.717, 1.165) is 0 Å². The third kappa shape index (κ3) is 2.94. The van der Waals surface area contributed by atoms with Gasteiger partial charge in [-0.25, -0.2) is 0 Å². The van der Waals surface area contributed by atoms with E-state index in [1.807, 2.05) is 0 Å². The monoisotopic (exact) mass is 225 g/mol. The Morgan fingerprint density at radius 3 is 2.81 bits per heavy atom. The zero-order valence-corrected chi connectivity index (χ0v) is 8.71. The molecule has 0 aliphatic heterocycles. The Kier molecular flexibility index (Phi) is 4.26. The van der Waals surface area contributed by atoms with Crippen LogP contribution in [0.15, 0.2) is 18.2 Å². The molecular weight excluding hydrogens is 214 g/mol. The van der Waals surface area contributed by atoms with Crippen molar-refractivity contribution in [1.82, 2.24) is 0 Å². The van der Waals surface area contributed by atoms with E-state index < -0.39 is 4.92 Å². The molecule has 0 heterocycles. The summed E-state index contributed by atoms with van der Waals surface area (Å²) in [7, 11) is 1.42. The lowest BCUT2D eigenvalue weighted by molar-refractivity contribution is -0.385. The predicted molar refractivity (Wildman–Crippen MR) is 55.8 cm³/mol. The third-order valence-corrected chi connectivity index (χ3v) is 1.86. The van der Waals surface area contributed by atoms with E-state index in [1.54, 1.807) is 6.07 Å². The number of methoxy groups -OCH3 is 1. The first-order chi connectivity index (χ1) is 7.69. The van der Waals surface area contributed by atoms with Gasteiger partial charge < -0.3 is 14.3 Å². The smallest absolute Gasteiger partial charge is 0.314 e. The van der Waals surface area contributed by atoms with Gasteiger partial charge >= 0.3 is 5.69 Å². The summed E-state index contributed by atoms with van der Waals surface area (Å²) in [5.74, 6) is 0.516. The molecule has 1 aromatic carbocycles. The minimum absolute atomic E-state index is 0.122. The van der Waals surface area contributed by atoms with Crippen molar-refractivity contribution < 1.29 is 19.2 Å². The largest absolute Gasteiger partial charge is 0.496 e. The number of aldehydes is 1. The van der Waals surface area contributed by atoms with E-state index in [4.69, 9.17) is 9.47 Å². The van der Waals surface area contributed by atoms with Gasteiger partial charge in [-0.15, -0.1) is 0 Å². The first-order valence-corrected chi connectivity index (χ1v) is 4.58. The fourth-order valence-electron chi connectivity index (χ4n) is 1.11. The summed E-state index contributed by atoms with van der Waals surface area (Å²) in [6.45, 7) is 0.122. The van der Waals surface area contributed by atoms with Crippen molar-refractivity contribution >= 4 is 12.0 Å². The fraction of sp³-hybridized carbons (Fsp3) is 0.300. The molecule has 86 valence electrons. The Hall–Kier alpha value is -2.11. The van der Waals surface area contributed by atoms with Crippen molar-refractivity contribution in [3.8, 4) is 11.5 Å². The van der Waals surface area contributed by atoms with Gasteiger partial charge in [0.1, 0.15) is 12.0 Å². The molecule has 0 atom stereocenters. The van der Waals surface area contributed by atoms with Crippen molar-refractivity contribution in [3.63, 3.8) is 0 Å². The number of nitrogens with zero attached hydrogens (tertiary/aromatic N) is 1. The predicted octanol–water partition coefficient (Wildman–Crippen LogP) is 1.57. The van der Waals surface area contributed by atoms with Crippen molar-refractivity contribution in [2.45, 2.75) is 6.42 Å². The van der Waals surface area contributed by atoms with Crippen molar-refractivity contribution in [1.29, 1.82) is 0 Å². The lowest BCUT2D eigenvalue weighted by Gasteiger charge is -2.06. The molecule has 0 amide bonds. The number of carbonyl (C=O) groups excluding carboxylic acids is 1. The Labute approximate surface area is 91.9 Å². The van der Waals surface area contributed by atoms with Gasteiger partial charge in [0.15, 0.2) is 5.75 Å². The van der Waals surface area contributed by atoms with Gasteiger partial charge in [-0.1, -0.05) is 0 Å². The quantitative estimate of drug-likeness (QED) is 0.318. The van der Waals surface area contributed by atoms with Crippen LogP contribution in [0.3, 0.4) is 0 Å². The zero-order chi connectivity index (χ0) is 12.0. The lowest BCUT2D eigenvalue weighted by atomic mass is 10.3. The highest BCUT2D eigenvalue weighted by Gasteiger charge is 2.16. The number of benzene rings is 1. The number of hydrogen-bond donors (Lipinski definition) is 0. The Morgan fingerprint density at radius 2 is 2.25 bits per heavy atom. The number of nitro benzene ring substituents is 1. The summed E-state index contributed by atoms with van der Waals surface area (Å²) in [6.07, 6.45) is 0.887. The molecule has 0 saturated carbocycles. The lowest BCUT2D eigenvalue weighted by Crippen LogP contribution is -2.01. The Bertz CT molecular complexity index is 391. The maximum absolute atomic E-state index is 10.7. The summed E-state index contributed by atoms with van der Waals surface area (Å²) in [5.41, 5.74) is -0.176. The Balaban J connectivity index is 2.89. The van der Waals surface area contributed by atoms with Crippen LogP contribution in [0.25, 0.3) is 0 Å². The van der Waals surface area contributed by atoms with Gasteiger partial charge in [-0.2, -0.15) is 0 Å². The molecule has 6 heteroatoms. The zero-order valence-electron chi connectivity index (χ0n) is 8.71. The van der Waals surface area contributed by atoms with Crippen LogP contribution in [0.4, 0.5) is 5.69 Å². The molecule has 0 bridgehead atoms. The van der Waals surface area contributed by atoms with Gasteiger partial charge in [-0.3, -0.25) is 10.1 Å². The van der Waals surface area contributed by atoms with E-state index >= 15 is 0 Å². The van der Waals surface area contributed by atoms with Crippen LogP contribution in [-0.4, -0.2) is 24.9 Å². The van der Waals surface area contributed by atoms with Gasteiger partial charge in [0.25, 0.3) is 0 Å². The highest BCUT2D eigenvalue weighted by Crippen LogP contribution is 2.30. The van der Waals surface area contributed by atoms with Crippen molar-refractivity contribution in [2.75, 3.05) is 13.7 Å². The van der Waals surface area contributed by atoms with E-state index in [-0.39, 0.29) is 24.5 Å². The van der Waals surface area contributed by atoms with Crippen LogP contribution in [0.5, 0.6) is 11.5 Å². The summed E-state index contributed by atoms with van der Waals surface area (Å²) < 4.78 is 9.98. The molecule has 0 aromatic heterocycles. The topological polar surface area (TPSA) is 78.7 Å². The van der Waals surface area contributed by atoms with Crippen LogP contribution in [0.1, 0.15) is 6.42 Å². The maximum Gasteiger partial charge on any atom is 0.314 e. The number of rotatable bonds is 6. The molecule has 0 N–H and O–H groups in total. The molecule has 0 saturated heterocycles. The highest BCUT2D eigenvalue weighted by atomic mass is 16.6. The van der Waals surface area contributed by atoms with Gasteiger partial charge in [0, 0.05) is 6.42 Å². The summed E-state index contributed by atoms with van der Waals surface area (Å²) in [4.78, 5) is 20.2. The third-order valence-electron chi connectivity index (χ3n) is 1.86. The fourth-order valence-corrected chi connectivity index (χ4v) is 1.11. The average Bonchev–Trinajstić information content (AvgIpc) is 2.29. The molecule has 0 aliphatic rings. The molecule has 1 rings (SSSR count). The number of hydrogen-bond acceptors (Lipinski definition) is 5. The minimum Gasteiger partial charge on any atom is -0.496 e. The van der Waals surface area contributed by atoms with E-state index in [1.165, 1.54) is 19.2 Å². The van der Waals surface area contributed by atoms with E-state index in [9.17, 15) is 14.9 Å². The van der Waals surface area contributed by atoms with Crippen LogP contribution >= 0.6 is 0 Å². The molecule has 6 nitrogen and oxygen atoms in total. The summed E-state index contributed by atoms with van der Waals surface area (Å²) in [5, 5.41) is 10.7. The second-order valence-corrected chi connectivity index (χ2v) is 2.89. The van der Waals surface area contributed by atoms with Crippen LogP contribution in [0, 0.1) is 10.1 Å². The van der Waals surface area contributed by atoms with Crippen LogP contribution in [0.2, 0.25) is 0 Å². The molecular formula is C10H11NO5. The second-order valence-electron chi connectivity index (χ2n) is 2.89. The minimum atomic E-state index is -0.557. The number of carbonyl (C=O) groups is 1. The number of ether oxygens (including phenoxy) is 2. The number of nitro groups is 1. The van der Waals surface area contributed by atoms with Crippen molar-refractivity contribution in [2.24, 2.45) is 0 Å². The molecule has 1 aromatic rings. The molecule has 0 fully saturated rings. The normalized spacial score (nSPS) is 9.56. The van der Waals surface area contributed by atoms with Crippen LogP contribution < -0.4 is 9.47 Å². The molecule has 0 unspecified atom stereocenters. The molecule has 16 heavy (non-hydrogen) atoms. The maximum atomic E-state index is 10.7. The molecule has 0 spiro atoms. The van der Waals surface area contributed by atoms with E-state index in [2.05, 4.69) is 0 Å². The average molecular weight is 225 g/mol. The Morgan fingerprint density at radius 1 is 1.50 bits per heavy atom. The highest BCUT2D eigenvalue weighted by molar-refractivity contribution is 5.52. The summed E-state index contributed by atoms with van der Waals surface area (Å²) in [6, 6.07) is 4.28. The summed E-state index contributed by atoms with van der Waals surface area (Å²) >= 11 is 0. The van der Waals surface area contributed by atoms with Gasteiger partial charge in [-0.05, 0) is 12.1 Å². The standard InChI is InChI=1S/C10H11NO5/c1-15-8-3-4-10(16-6-2-5-12)9(7-8)11(13)14/h3-5,7H,2,6H2,1H3. The first-order valence-electron chi connectivity index (χ1n) is 4.58.